The Labute approximate surface area is 124 Å². The Morgan fingerprint density at radius 2 is 1.95 bits per heavy atom. The molecule has 0 aromatic carbocycles. The van der Waals surface area contributed by atoms with Gasteiger partial charge in [0, 0.05) is 12.1 Å². The summed E-state index contributed by atoms with van der Waals surface area (Å²) in [5, 5.41) is 10.7. The normalized spacial score (nSPS) is 23.6. The molecule has 0 spiro atoms. The van der Waals surface area contributed by atoms with Gasteiger partial charge in [-0.25, -0.2) is 0 Å². The van der Waals surface area contributed by atoms with Crippen LogP contribution in [0.3, 0.4) is 0 Å². The van der Waals surface area contributed by atoms with Gasteiger partial charge < -0.3 is 15.6 Å². The van der Waals surface area contributed by atoms with E-state index in [4.69, 9.17) is 10.8 Å². The van der Waals surface area contributed by atoms with Crippen LogP contribution in [0, 0.1) is 0 Å². The lowest BCUT2D eigenvalue weighted by molar-refractivity contribution is -0.212. The summed E-state index contributed by atoms with van der Waals surface area (Å²) in [5.74, 6) is 0. The molecule has 0 radical (unpaired) electrons. The van der Waals surface area contributed by atoms with Crippen LogP contribution in [0.4, 0.5) is 13.2 Å². The van der Waals surface area contributed by atoms with Crippen molar-refractivity contribution >= 4 is 12.4 Å². The van der Waals surface area contributed by atoms with E-state index in [9.17, 15) is 13.2 Å². The summed E-state index contributed by atoms with van der Waals surface area (Å²) in [5.41, 5.74) is 5.33. The minimum Gasteiger partial charge on any atom is -0.395 e. The number of nitrogens with one attached hydrogen (secondary N) is 1. The highest BCUT2D eigenvalue weighted by molar-refractivity contribution is 5.85. The lowest BCUT2D eigenvalue weighted by atomic mass is 10.2. The quantitative estimate of drug-likeness (QED) is 0.726. The highest BCUT2D eigenvalue weighted by Crippen LogP contribution is 2.25. The van der Waals surface area contributed by atoms with E-state index >= 15 is 0 Å². The molecule has 0 bridgehead atoms. The van der Waals surface area contributed by atoms with E-state index in [1.807, 2.05) is 6.92 Å². The zero-order valence-electron chi connectivity index (χ0n) is 11.9. The van der Waals surface area contributed by atoms with Crippen LogP contribution in [0.25, 0.3) is 0 Å². The summed E-state index contributed by atoms with van der Waals surface area (Å²) in [6, 6.07) is -0.133. The summed E-state index contributed by atoms with van der Waals surface area (Å²) < 4.78 is 40.5. The van der Waals surface area contributed by atoms with Crippen LogP contribution >= 0.6 is 12.4 Å². The molecule has 3 atom stereocenters. The molecule has 1 fully saturated rings. The van der Waals surface area contributed by atoms with Gasteiger partial charge in [-0.1, -0.05) is 26.7 Å². The predicted octanol–water partition coefficient (Wildman–Crippen LogP) is 2.19. The second-order valence-corrected chi connectivity index (χ2v) is 4.64. The molecule has 1 rings (SSSR count). The average molecular weight is 323 g/mol. The first-order valence-electron chi connectivity index (χ1n) is 6.65. The molecule has 1 heterocycles. The van der Waals surface area contributed by atoms with Crippen molar-refractivity contribution in [3.63, 3.8) is 0 Å². The second kappa shape index (κ2) is 11.6. The van der Waals surface area contributed by atoms with E-state index < -0.39 is 12.4 Å². The zero-order valence-corrected chi connectivity index (χ0v) is 12.8. The van der Waals surface area contributed by atoms with Gasteiger partial charge in [-0.2, -0.15) is 13.2 Å². The lowest BCUT2D eigenvalue weighted by Gasteiger charge is -2.14. The third-order valence-corrected chi connectivity index (χ3v) is 2.68. The molecule has 0 amide bonds. The van der Waals surface area contributed by atoms with Crippen molar-refractivity contribution < 1.29 is 23.0 Å². The van der Waals surface area contributed by atoms with Crippen LogP contribution in [0.1, 0.15) is 39.5 Å². The molecule has 8 heteroatoms. The predicted molar refractivity (Wildman–Crippen MR) is 74.8 cm³/mol. The first-order valence-corrected chi connectivity index (χ1v) is 6.65. The smallest absolute Gasteiger partial charge is 0.395 e. The van der Waals surface area contributed by atoms with E-state index in [1.54, 1.807) is 0 Å². The van der Waals surface area contributed by atoms with Gasteiger partial charge in [0.15, 0.2) is 0 Å². The lowest BCUT2D eigenvalue weighted by Crippen LogP contribution is -2.41. The first-order chi connectivity index (χ1) is 8.85. The molecule has 4 nitrogen and oxygen atoms in total. The number of rotatable bonds is 5. The third-order valence-electron chi connectivity index (χ3n) is 2.68. The number of alkyl halides is 3. The van der Waals surface area contributed by atoms with E-state index in [2.05, 4.69) is 17.0 Å². The fourth-order valence-corrected chi connectivity index (χ4v) is 1.69. The Hall–Kier alpha value is -0.0800. The van der Waals surface area contributed by atoms with Crippen LogP contribution in [0.15, 0.2) is 0 Å². The van der Waals surface area contributed by atoms with Gasteiger partial charge in [0.25, 0.3) is 0 Å². The van der Waals surface area contributed by atoms with Gasteiger partial charge in [-0.3, -0.25) is 5.32 Å². The molecule has 124 valence electrons. The summed E-state index contributed by atoms with van der Waals surface area (Å²) in [6.45, 7) is 4.27. The Bertz CT molecular complexity index is 233. The van der Waals surface area contributed by atoms with Gasteiger partial charge in [0.1, 0.15) is 0 Å². The van der Waals surface area contributed by atoms with Gasteiger partial charge in [0.2, 0.25) is 6.23 Å². The van der Waals surface area contributed by atoms with Crippen molar-refractivity contribution in [1.82, 2.24) is 5.32 Å². The maximum atomic E-state index is 12.0. The van der Waals surface area contributed by atoms with Gasteiger partial charge in [-0.15, -0.1) is 12.4 Å². The third kappa shape index (κ3) is 9.77. The van der Waals surface area contributed by atoms with Crippen LogP contribution in [-0.2, 0) is 4.74 Å². The number of hydrogen-bond acceptors (Lipinski definition) is 4. The van der Waals surface area contributed by atoms with E-state index in [0.29, 0.717) is 0 Å². The van der Waals surface area contributed by atoms with Crippen LogP contribution in [0.2, 0.25) is 0 Å². The Kier molecular flexibility index (Phi) is 12.8. The zero-order chi connectivity index (χ0) is 14.9. The number of hydrogen-bond donors (Lipinski definition) is 3. The number of nitrogens with two attached hydrogens (primary N) is 1. The van der Waals surface area contributed by atoms with Crippen LogP contribution < -0.4 is 11.1 Å². The SMILES string of the molecule is CCC[C@H](N)CO.CCC[C@H]1COC(C(F)(F)F)N1.Cl. The van der Waals surface area contributed by atoms with Crippen molar-refractivity contribution in [3.8, 4) is 0 Å². The van der Waals surface area contributed by atoms with Gasteiger partial charge in [-0.05, 0) is 12.8 Å². The number of aliphatic hydroxyl groups is 1. The molecule has 1 unspecified atom stereocenters. The molecule has 0 aliphatic carbocycles. The summed E-state index contributed by atoms with van der Waals surface area (Å²) >= 11 is 0. The molecule has 0 saturated carbocycles. The standard InChI is InChI=1S/C7H12F3NO.C5H13NO.ClH/c1-2-3-5-4-12-6(11-5)7(8,9)10;1-2-3-5(6)4-7;/h5-6,11H,2-4H2,1H3;5,7H,2-4,6H2,1H3;1H/t5-,6?;5-;/m00./s1. The Balaban J connectivity index is 0. The summed E-state index contributed by atoms with van der Waals surface area (Å²) in [4.78, 5) is 0. The second-order valence-electron chi connectivity index (χ2n) is 4.64. The number of aliphatic hydroxyl groups excluding tert-OH is 1. The summed E-state index contributed by atoms with van der Waals surface area (Å²) in [6.07, 6.45) is -2.45. The molecule has 1 saturated heterocycles. The van der Waals surface area contributed by atoms with Crippen molar-refractivity contribution in [2.75, 3.05) is 13.2 Å². The van der Waals surface area contributed by atoms with Crippen LogP contribution in [0.5, 0.6) is 0 Å². The van der Waals surface area contributed by atoms with E-state index in [1.165, 1.54) is 0 Å². The maximum Gasteiger partial charge on any atom is 0.428 e. The van der Waals surface area contributed by atoms with Gasteiger partial charge >= 0.3 is 6.18 Å². The van der Waals surface area contributed by atoms with Crippen molar-refractivity contribution in [1.29, 1.82) is 0 Å². The van der Waals surface area contributed by atoms with Crippen molar-refractivity contribution in [2.24, 2.45) is 5.73 Å². The fraction of sp³-hybridized carbons (Fsp3) is 1.00. The van der Waals surface area contributed by atoms with Crippen molar-refractivity contribution in [2.45, 2.75) is 64.0 Å². The number of halogens is 4. The van der Waals surface area contributed by atoms with E-state index in [0.717, 1.165) is 25.7 Å². The molecule has 1 aliphatic rings. The molecule has 0 aromatic heterocycles. The average Bonchev–Trinajstić information content (AvgIpc) is 2.79. The minimum absolute atomic E-state index is 0. The molecule has 0 aromatic rings. The molecule has 20 heavy (non-hydrogen) atoms. The first kappa shape index (κ1) is 22.2. The highest BCUT2D eigenvalue weighted by Gasteiger charge is 2.45. The summed E-state index contributed by atoms with van der Waals surface area (Å²) in [7, 11) is 0. The highest BCUT2D eigenvalue weighted by atomic mass is 35.5. The van der Waals surface area contributed by atoms with Gasteiger partial charge in [0.05, 0.1) is 13.2 Å². The maximum absolute atomic E-state index is 12.0. The Morgan fingerprint density at radius 1 is 1.35 bits per heavy atom. The topological polar surface area (TPSA) is 67.5 Å². The molecular weight excluding hydrogens is 297 g/mol. The largest absolute Gasteiger partial charge is 0.428 e. The minimum atomic E-state index is -4.28. The monoisotopic (exact) mass is 322 g/mol. The van der Waals surface area contributed by atoms with Crippen LogP contribution in [-0.4, -0.2) is 42.8 Å². The fourth-order valence-electron chi connectivity index (χ4n) is 1.69. The molecule has 4 N–H and O–H groups in total. The number of ether oxygens (including phenoxy) is 1. The van der Waals surface area contributed by atoms with E-state index in [-0.39, 0.29) is 37.7 Å². The Morgan fingerprint density at radius 3 is 2.25 bits per heavy atom. The molecule has 1 aliphatic heterocycles. The van der Waals surface area contributed by atoms with Crippen molar-refractivity contribution in [3.05, 3.63) is 0 Å². The molecular formula is C12H26ClF3N2O2.